The highest BCUT2D eigenvalue weighted by atomic mass is 31.2. The van der Waals surface area contributed by atoms with E-state index in [0.717, 1.165) is 6.42 Å². The molecule has 1 N–H and O–H groups in total. The maximum atomic E-state index is 11.2. The highest BCUT2D eigenvalue weighted by Crippen LogP contribution is 2.61. The summed E-state index contributed by atoms with van der Waals surface area (Å²) in [7, 11) is 1.06. The molecule has 0 aliphatic heterocycles. The first kappa shape index (κ1) is 26.9. The van der Waals surface area contributed by atoms with Gasteiger partial charge in [0.05, 0.1) is 24.6 Å². The van der Waals surface area contributed by atoms with Crippen LogP contribution in [0.15, 0.2) is 0 Å². The van der Waals surface area contributed by atoms with E-state index in [0.29, 0.717) is 6.42 Å². The van der Waals surface area contributed by atoms with E-state index >= 15 is 0 Å². The molecule has 1 amide bonds. The minimum absolute atomic E-state index is 0.191. The molecule has 0 bridgehead atoms. The van der Waals surface area contributed by atoms with Crippen molar-refractivity contribution < 1.29 is 4.79 Å². The normalized spacial score (nSPS) is 11.7. The lowest BCUT2D eigenvalue weighted by Crippen LogP contribution is -2.16. The second kappa shape index (κ2) is 19.2. The molecule has 0 aromatic rings. The smallest absolute Gasteiger partial charge is 0.219 e. The van der Waals surface area contributed by atoms with E-state index < -0.39 is 7.26 Å². The van der Waals surface area contributed by atoms with Crippen LogP contribution in [0.5, 0.6) is 0 Å². The number of amides is 1. The van der Waals surface area contributed by atoms with Gasteiger partial charge in [0.2, 0.25) is 5.91 Å². The molecular weight excluding hydrogens is 349 g/mol. The number of hydrogen-bond donors (Lipinski definition) is 1. The van der Waals surface area contributed by atoms with Crippen LogP contribution in [-0.2, 0) is 4.79 Å². The molecule has 0 saturated heterocycles. The topological polar surface area (TPSA) is 29.1 Å². The highest BCUT2D eigenvalue weighted by Gasteiger charge is 2.34. The van der Waals surface area contributed by atoms with Crippen LogP contribution < -0.4 is 5.32 Å². The molecule has 0 unspecified atom stereocenters. The number of carbonyl (C=O) groups excluding carboxylic acids is 1. The van der Waals surface area contributed by atoms with E-state index in [1.165, 1.54) is 83.5 Å². The maximum Gasteiger partial charge on any atom is 0.219 e. The molecule has 2 nitrogen and oxygen atoms in total. The minimum Gasteiger partial charge on any atom is -0.359 e. The first-order valence-corrected chi connectivity index (χ1v) is 14.7. The van der Waals surface area contributed by atoms with Gasteiger partial charge in [0.1, 0.15) is 0 Å². The lowest BCUT2D eigenvalue weighted by molar-refractivity contribution is -0.120. The molecule has 0 atom stereocenters. The quantitative estimate of drug-likeness (QED) is 0.165. The van der Waals surface area contributed by atoms with Crippen LogP contribution in [0.4, 0.5) is 0 Å². The fourth-order valence-corrected chi connectivity index (χ4v) is 9.27. The molecule has 3 heteroatoms. The molecule has 0 fully saturated rings. The molecule has 0 aromatic carbocycles. The summed E-state index contributed by atoms with van der Waals surface area (Å²) in [6.07, 6.45) is 26.2. The summed E-state index contributed by atoms with van der Waals surface area (Å²) in [5.41, 5.74) is 0. The first-order chi connectivity index (χ1) is 13.1. The van der Waals surface area contributed by atoms with Crippen molar-refractivity contribution in [1.82, 2.24) is 5.32 Å². The fraction of sp³-hybridized carbons (Fsp3) is 0.958. The molecule has 0 rings (SSSR count). The van der Waals surface area contributed by atoms with Crippen LogP contribution in [0, 0.1) is 0 Å². The average molecular weight is 401 g/mol. The molecular formula is C24H51NOP+. The van der Waals surface area contributed by atoms with Gasteiger partial charge in [-0.15, -0.1) is 0 Å². The molecule has 0 heterocycles. The van der Waals surface area contributed by atoms with E-state index in [2.05, 4.69) is 26.1 Å². The summed E-state index contributed by atoms with van der Waals surface area (Å²) in [5.74, 6) is 0.191. The number of hydrogen-bond acceptors (Lipinski definition) is 1. The summed E-state index contributed by atoms with van der Waals surface area (Å²) in [6, 6.07) is 0. The standard InChI is InChI=1S/C24H50NOP/c1-5-8-20-27(21-9-6-2,22-10-7-3)23-18-16-14-12-11-13-15-17-19-24(26)25-4/h5-23H2,1-4H3/p+1. The van der Waals surface area contributed by atoms with Crippen molar-refractivity contribution >= 4 is 13.2 Å². The van der Waals surface area contributed by atoms with Gasteiger partial charge in [0.25, 0.3) is 0 Å². The molecule has 0 aromatic heterocycles. The highest BCUT2D eigenvalue weighted by molar-refractivity contribution is 7.75. The van der Waals surface area contributed by atoms with Crippen molar-refractivity contribution in [3.63, 3.8) is 0 Å². The second-order valence-corrected chi connectivity index (χ2v) is 13.0. The Labute approximate surface area is 172 Å². The van der Waals surface area contributed by atoms with Gasteiger partial charge < -0.3 is 5.32 Å². The third kappa shape index (κ3) is 15.5. The van der Waals surface area contributed by atoms with Gasteiger partial charge in [-0.1, -0.05) is 72.1 Å². The Morgan fingerprint density at radius 2 is 0.963 bits per heavy atom. The van der Waals surface area contributed by atoms with Crippen LogP contribution in [0.25, 0.3) is 0 Å². The largest absolute Gasteiger partial charge is 0.359 e. The van der Waals surface area contributed by atoms with Crippen molar-refractivity contribution in [2.75, 3.05) is 31.7 Å². The number of rotatable bonds is 20. The van der Waals surface area contributed by atoms with E-state index in [4.69, 9.17) is 0 Å². The van der Waals surface area contributed by atoms with E-state index in [9.17, 15) is 4.79 Å². The second-order valence-electron chi connectivity index (χ2n) is 8.55. The predicted octanol–water partition coefficient (Wildman–Crippen LogP) is 7.66. The number of carbonyl (C=O) groups is 1. The Kier molecular flexibility index (Phi) is 19.2. The molecule has 162 valence electrons. The maximum absolute atomic E-state index is 11.2. The Morgan fingerprint density at radius 3 is 1.37 bits per heavy atom. The minimum atomic E-state index is -0.667. The van der Waals surface area contributed by atoms with Crippen molar-refractivity contribution in [2.45, 2.75) is 117 Å². The zero-order chi connectivity index (χ0) is 20.2. The summed E-state index contributed by atoms with van der Waals surface area (Å²) < 4.78 is 0. The van der Waals surface area contributed by atoms with Crippen molar-refractivity contribution in [3.8, 4) is 0 Å². The van der Waals surface area contributed by atoms with E-state index in [1.54, 1.807) is 31.7 Å². The summed E-state index contributed by atoms with van der Waals surface area (Å²) in [5, 5.41) is 2.70. The SMILES string of the molecule is CCCC[P+](CCCC)(CCCC)CCCCCCCCCCC(=O)NC. The summed E-state index contributed by atoms with van der Waals surface area (Å²) >= 11 is 0. The summed E-state index contributed by atoms with van der Waals surface area (Å²) in [6.45, 7) is 7.09. The first-order valence-electron chi connectivity index (χ1n) is 12.2. The third-order valence-corrected chi connectivity index (χ3v) is 11.1. The molecule has 0 spiro atoms. The van der Waals surface area contributed by atoms with Crippen molar-refractivity contribution in [2.24, 2.45) is 0 Å². The third-order valence-electron chi connectivity index (χ3n) is 6.02. The van der Waals surface area contributed by atoms with Gasteiger partial charge in [0.15, 0.2) is 0 Å². The van der Waals surface area contributed by atoms with Gasteiger partial charge >= 0.3 is 0 Å². The Balaban J connectivity index is 3.97. The Bertz CT molecular complexity index is 311. The zero-order valence-corrected chi connectivity index (χ0v) is 20.2. The monoisotopic (exact) mass is 400 g/mol. The van der Waals surface area contributed by atoms with Gasteiger partial charge in [-0.2, -0.15) is 0 Å². The molecule has 0 saturated carbocycles. The van der Waals surface area contributed by atoms with Crippen LogP contribution in [0.1, 0.15) is 117 Å². The Hall–Kier alpha value is -0.100. The zero-order valence-electron chi connectivity index (χ0n) is 19.3. The van der Waals surface area contributed by atoms with Gasteiger partial charge in [0, 0.05) is 20.7 Å². The lowest BCUT2D eigenvalue weighted by atomic mass is 10.1. The van der Waals surface area contributed by atoms with Crippen molar-refractivity contribution in [3.05, 3.63) is 0 Å². The molecule has 27 heavy (non-hydrogen) atoms. The van der Waals surface area contributed by atoms with E-state index in [1.807, 2.05) is 0 Å². The van der Waals surface area contributed by atoms with Crippen LogP contribution in [0.2, 0.25) is 0 Å². The van der Waals surface area contributed by atoms with Crippen LogP contribution >= 0.6 is 7.26 Å². The Morgan fingerprint density at radius 1 is 0.593 bits per heavy atom. The fourth-order valence-electron chi connectivity index (χ4n) is 4.07. The molecule has 0 aliphatic carbocycles. The van der Waals surface area contributed by atoms with E-state index in [-0.39, 0.29) is 5.91 Å². The lowest BCUT2D eigenvalue weighted by Gasteiger charge is -2.28. The van der Waals surface area contributed by atoms with Gasteiger partial charge in [-0.25, -0.2) is 0 Å². The summed E-state index contributed by atoms with van der Waals surface area (Å²) in [4.78, 5) is 11.2. The molecule has 0 aliphatic rings. The van der Waals surface area contributed by atoms with Crippen LogP contribution in [0.3, 0.4) is 0 Å². The average Bonchev–Trinajstić information content (AvgIpc) is 2.69. The van der Waals surface area contributed by atoms with Gasteiger partial charge in [-0.3, -0.25) is 4.79 Å². The molecule has 0 radical (unpaired) electrons. The number of unbranched alkanes of at least 4 members (excludes halogenated alkanes) is 10. The number of nitrogens with one attached hydrogen (secondary N) is 1. The van der Waals surface area contributed by atoms with Gasteiger partial charge in [-0.05, 0) is 38.5 Å². The van der Waals surface area contributed by atoms with Crippen molar-refractivity contribution in [1.29, 1.82) is 0 Å². The predicted molar refractivity (Wildman–Crippen MR) is 127 cm³/mol. The van der Waals surface area contributed by atoms with Crippen LogP contribution in [-0.4, -0.2) is 37.6 Å².